The first-order valence-corrected chi connectivity index (χ1v) is 14.0. The van der Waals surface area contributed by atoms with Gasteiger partial charge in [0.05, 0.1) is 9.85 Å². The van der Waals surface area contributed by atoms with Crippen LogP contribution in [0, 0.1) is 20.2 Å². The molecule has 199 valence electrons. The second-order valence-corrected chi connectivity index (χ2v) is 11.8. The van der Waals surface area contributed by atoms with Crippen molar-refractivity contribution in [2.45, 2.75) is 22.6 Å². The molecule has 1 aliphatic rings. The average molecular weight is 555 g/mol. The highest BCUT2D eigenvalue weighted by molar-refractivity contribution is 7.89. The molecule has 1 heterocycles. The minimum Gasteiger partial charge on any atom is -0.300 e. The fourth-order valence-corrected chi connectivity index (χ4v) is 6.91. The quantitative estimate of drug-likeness (QED) is 0.372. The number of benzene rings is 2. The molecule has 0 unspecified atom stereocenters. The third-order valence-corrected chi connectivity index (χ3v) is 9.55. The minimum absolute atomic E-state index is 0.0621. The second kappa shape index (κ2) is 11.8. The number of rotatable bonds is 6. The number of ketones is 1. The van der Waals surface area contributed by atoms with Gasteiger partial charge in [0, 0.05) is 64.2 Å². The number of sulfonamides is 2. The standard InChI is InChI=1S/C21H24N5O9S2/c27-17-9-13-23(36(32,33)20-7-3-1-5-18(20)25(28)29)15-11-22-12-16-24(14-10-17)37(34,35)21-8-4-2-6-19(21)26(30)31/h1-8H,9-16H2. The number of Topliss-reactive ketones (excluding diaryl/α,β-unsaturated/α-hetero) is 1. The monoisotopic (exact) mass is 554 g/mol. The van der Waals surface area contributed by atoms with Gasteiger partial charge < -0.3 is 0 Å². The summed E-state index contributed by atoms with van der Waals surface area (Å²) in [6, 6.07) is 9.79. The highest BCUT2D eigenvalue weighted by Gasteiger charge is 2.34. The Labute approximate surface area is 213 Å². The number of nitro groups is 2. The van der Waals surface area contributed by atoms with Gasteiger partial charge >= 0.3 is 0 Å². The summed E-state index contributed by atoms with van der Waals surface area (Å²) >= 11 is 0. The van der Waals surface area contributed by atoms with Gasteiger partial charge in [-0.2, -0.15) is 8.61 Å². The molecule has 0 atom stereocenters. The van der Waals surface area contributed by atoms with Crippen LogP contribution < -0.4 is 5.32 Å². The summed E-state index contributed by atoms with van der Waals surface area (Å²) in [5.74, 6) is -0.442. The summed E-state index contributed by atoms with van der Waals surface area (Å²) < 4.78 is 54.7. The molecule has 0 bridgehead atoms. The number of para-hydroxylation sites is 2. The Balaban J connectivity index is 1.80. The third kappa shape index (κ3) is 6.53. The first kappa shape index (κ1) is 28.3. The first-order valence-electron chi connectivity index (χ1n) is 11.1. The zero-order chi connectivity index (χ0) is 27.2. The molecular formula is C21H24N5O9S2. The predicted octanol–water partition coefficient (Wildman–Crippen LogP) is 1.15. The number of nitrogens with zero attached hydrogens (tertiary/aromatic N) is 5. The first-order chi connectivity index (χ1) is 17.5. The van der Waals surface area contributed by atoms with Crippen LogP contribution in [0.25, 0.3) is 0 Å². The Hall–Kier alpha value is -3.31. The van der Waals surface area contributed by atoms with Crippen molar-refractivity contribution in [3.63, 3.8) is 0 Å². The van der Waals surface area contributed by atoms with Gasteiger partial charge in [-0.1, -0.05) is 24.3 Å². The summed E-state index contributed by atoms with van der Waals surface area (Å²) in [7, 11) is -8.65. The molecule has 1 fully saturated rings. The van der Waals surface area contributed by atoms with Crippen molar-refractivity contribution in [1.82, 2.24) is 13.9 Å². The molecule has 37 heavy (non-hydrogen) atoms. The highest BCUT2D eigenvalue weighted by Crippen LogP contribution is 2.28. The minimum atomic E-state index is -4.32. The van der Waals surface area contributed by atoms with Gasteiger partial charge in [-0.05, 0) is 12.1 Å². The van der Waals surface area contributed by atoms with Crippen molar-refractivity contribution in [1.29, 1.82) is 0 Å². The van der Waals surface area contributed by atoms with Crippen molar-refractivity contribution >= 4 is 37.2 Å². The largest absolute Gasteiger partial charge is 0.300 e. The number of carbonyl (C=O) groups excluding carboxylic acids is 1. The van der Waals surface area contributed by atoms with Crippen LogP contribution >= 0.6 is 0 Å². The number of carbonyl (C=O) groups is 1. The Bertz CT molecular complexity index is 1290. The normalized spacial score (nSPS) is 17.5. The maximum Gasteiger partial charge on any atom is 0.289 e. The Morgan fingerprint density at radius 2 is 1.05 bits per heavy atom. The van der Waals surface area contributed by atoms with Gasteiger partial charge in [0.1, 0.15) is 5.78 Å². The van der Waals surface area contributed by atoms with Crippen LogP contribution in [0.5, 0.6) is 0 Å². The van der Waals surface area contributed by atoms with E-state index in [4.69, 9.17) is 0 Å². The highest BCUT2D eigenvalue weighted by atomic mass is 32.2. The van der Waals surface area contributed by atoms with Gasteiger partial charge in [-0.25, -0.2) is 22.2 Å². The fourth-order valence-electron chi connectivity index (χ4n) is 3.73. The predicted molar refractivity (Wildman–Crippen MR) is 130 cm³/mol. The number of hydrogen-bond acceptors (Lipinski definition) is 9. The zero-order valence-corrected chi connectivity index (χ0v) is 21.1. The van der Waals surface area contributed by atoms with Gasteiger partial charge in [-0.15, -0.1) is 0 Å². The lowest BCUT2D eigenvalue weighted by Gasteiger charge is -2.25. The Kier molecular flexibility index (Phi) is 9.03. The molecule has 1 saturated heterocycles. The molecule has 1 radical (unpaired) electrons. The maximum absolute atomic E-state index is 13.2. The molecule has 3 rings (SSSR count). The summed E-state index contributed by atoms with van der Waals surface area (Å²) in [6.07, 6.45) is -0.529. The SMILES string of the molecule is O=C1CCN(S(=O)(=O)c2ccccc2[N+](=O)[O-])CC[N]CCN(S(=O)(=O)c2ccccc2[N+](=O)[O-])CC1. The number of hydrogen-bond donors (Lipinski definition) is 0. The van der Waals surface area contributed by atoms with Crippen molar-refractivity contribution < 1.29 is 31.5 Å². The van der Waals surface area contributed by atoms with E-state index in [9.17, 15) is 41.9 Å². The van der Waals surface area contributed by atoms with Crippen LogP contribution in [0.4, 0.5) is 11.4 Å². The molecule has 0 N–H and O–H groups in total. The van der Waals surface area contributed by atoms with E-state index in [-0.39, 0.29) is 52.1 Å². The van der Waals surface area contributed by atoms with Crippen LogP contribution in [0.2, 0.25) is 0 Å². The van der Waals surface area contributed by atoms with Gasteiger partial charge in [-0.3, -0.25) is 25.0 Å². The molecule has 0 spiro atoms. The molecule has 14 nitrogen and oxygen atoms in total. The van der Waals surface area contributed by atoms with E-state index in [0.29, 0.717) is 0 Å². The Morgan fingerprint density at radius 3 is 1.43 bits per heavy atom. The topological polar surface area (TPSA) is 192 Å². The smallest absolute Gasteiger partial charge is 0.289 e. The third-order valence-electron chi connectivity index (χ3n) is 5.65. The van der Waals surface area contributed by atoms with Gasteiger partial charge in [0.2, 0.25) is 20.0 Å². The molecule has 0 saturated carbocycles. The molecule has 0 aromatic heterocycles. The van der Waals surface area contributed by atoms with Crippen LogP contribution in [0.3, 0.4) is 0 Å². The molecule has 1 aliphatic heterocycles. The van der Waals surface area contributed by atoms with E-state index in [0.717, 1.165) is 32.9 Å². The summed E-state index contributed by atoms with van der Waals surface area (Å²) in [6.45, 7) is -1.04. The van der Waals surface area contributed by atoms with Crippen LogP contribution in [-0.2, 0) is 24.8 Å². The van der Waals surface area contributed by atoms with E-state index >= 15 is 0 Å². The van der Waals surface area contributed by atoms with E-state index in [1.807, 2.05) is 0 Å². The summed E-state index contributed by atoms with van der Waals surface area (Å²) in [4.78, 5) is 32.7. The maximum atomic E-state index is 13.2. The van der Waals surface area contributed by atoms with Crippen LogP contribution in [-0.4, -0.2) is 80.3 Å². The molecular weight excluding hydrogens is 530 g/mol. The van der Waals surface area contributed by atoms with Crippen molar-refractivity contribution in [2.75, 3.05) is 39.3 Å². The van der Waals surface area contributed by atoms with E-state index in [2.05, 4.69) is 5.32 Å². The lowest BCUT2D eigenvalue weighted by Crippen LogP contribution is -2.41. The van der Waals surface area contributed by atoms with Gasteiger partial charge in [0.15, 0.2) is 9.79 Å². The van der Waals surface area contributed by atoms with Crippen molar-refractivity contribution in [2.24, 2.45) is 0 Å². The molecule has 16 heteroatoms. The number of nitro benzene ring substituents is 2. The molecule has 2 aromatic rings. The van der Waals surface area contributed by atoms with E-state index in [1.54, 1.807) is 0 Å². The molecule has 0 aliphatic carbocycles. The lowest BCUT2D eigenvalue weighted by atomic mass is 10.2. The molecule has 2 aromatic carbocycles. The van der Waals surface area contributed by atoms with Crippen molar-refractivity contribution in [3.8, 4) is 0 Å². The van der Waals surface area contributed by atoms with Gasteiger partial charge in [0.25, 0.3) is 11.4 Å². The van der Waals surface area contributed by atoms with E-state index < -0.39 is 56.8 Å². The molecule has 0 amide bonds. The van der Waals surface area contributed by atoms with E-state index in [1.165, 1.54) is 24.3 Å². The van der Waals surface area contributed by atoms with Crippen LogP contribution in [0.15, 0.2) is 58.3 Å². The van der Waals surface area contributed by atoms with Crippen molar-refractivity contribution in [3.05, 3.63) is 68.8 Å². The lowest BCUT2D eigenvalue weighted by molar-refractivity contribution is -0.388. The average Bonchev–Trinajstić information content (AvgIpc) is 2.85. The second-order valence-electron chi connectivity index (χ2n) is 7.97. The van der Waals surface area contributed by atoms with Crippen LogP contribution in [0.1, 0.15) is 12.8 Å². The Morgan fingerprint density at radius 1 is 0.676 bits per heavy atom. The zero-order valence-electron chi connectivity index (χ0n) is 19.5. The fraction of sp³-hybridized carbons (Fsp3) is 0.381. The summed E-state index contributed by atoms with van der Waals surface area (Å²) in [5, 5.41) is 26.9. The summed E-state index contributed by atoms with van der Waals surface area (Å²) in [5.41, 5.74) is -1.18.